The van der Waals surface area contributed by atoms with E-state index < -0.39 is 11.6 Å². The number of benzene rings is 1. The van der Waals surface area contributed by atoms with E-state index in [0.29, 0.717) is 31.7 Å². The molecule has 0 bridgehead atoms. The molecule has 2 N–H and O–H groups in total. The van der Waals surface area contributed by atoms with Crippen LogP contribution < -0.4 is 10.6 Å². The fourth-order valence-corrected chi connectivity index (χ4v) is 4.18. The van der Waals surface area contributed by atoms with E-state index in [1.54, 1.807) is 0 Å². The molecule has 2 amide bonds. The maximum absolute atomic E-state index is 13.3. The van der Waals surface area contributed by atoms with E-state index in [1.165, 1.54) is 31.7 Å². The number of amides is 2. The van der Waals surface area contributed by atoms with Gasteiger partial charge in [0.1, 0.15) is 0 Å². The van der Waals surface area contributed by atoms with Gasteiger partial charge in [0.05, 0.1) is 0 Å². The molecule has 2 aliphatic rings. The summed E-state index contributed by atoms with van der Waals surface area (Å²) in [5.41, 5.74) is 0.257. The molecule has 0 unspecified atom stereocenters. The first-order valence-electron chi connectivity index (χ1n) is 10.1. The SMILES string of the molecule is O=C(Nc1ccc(F)c(F)c1)C1CCC(C(=O)NC2CCCCCC2)CC1. The highest BCUT2D eigenvalue weighted by Gasteiger charge is 2.31. The van der Waals surface area contributed by atoms with E-state index in [4.69, 9.17) is 0 Å². The van der Waals surface area contributed by atoms with E-state index in [-0.39, 0.29) is 29.3 Å². The average molecular weight is 378 g/mol. The van der Waals surface area contributed by atoms with Crippen LogP contribution in [0, 0.1) is 23.5 Å². The molecule has 0 radical (unpaired) electrons. The second kappa shape index (κ2) is 9.29. The summed E-state index contributed by atoms with van der Waals surface area (Å²) in [4.78, 5) is 24.9. The van der Waals surface area contributed by atoms with Crippen LogP contribution in [-0.4, -0.2) is 17.9 Å². The number of rotatable bonds is 4. The molecule has 1 aromatic rings. The standard InChI is InChI=1S/C21H28F2N2O2/c22-18-12-11-17(13-19(18)23)25-21(27)15-9-7-14(8-10-15)20(26)24-16-5-3-1-2-4-6-16/h11-16H,1-10H2,(H,24,26)(H,25,27). The van der Waals surface area contributed by atoms with Gasteiger partial charge in [-0.2, -0.15) is 0 Å². The van der Waals surface area contributed by atoms with Crippen LogP contribution in [0.1, 0.15) is 64.2 Å². The Hall–Kier alpha value is -1.98. The van der Waals surface area contributed by atoms with Crippen molar-refractivity contribution in [3.05, 3.63) is 29.8 Å². The van der Waals surface area contributed by atoms with Crippen molar-refractivity contribution in [1.82, 2.24) is 5.32 Å². The van der Waals surface area contributed by atoms with Crippen molar-refractivity contribution in [2.45, 2.75) is 70.3 Å². The van der Waals surface area contributed by atoms with E-state index in [1.807, 2.05) is 0 Å². The first-order chi connectivity index (χ1) is 13.0. The zero-order valence-electron chi connectivity index (χ0n) is 15.6. The molecule has 2 aliphatic carbocycles. The lowest BCUT2D eigenvalue weighted by Gasteiger charge is -2.28. The van der Waals surface area contributed by atoms with Gasteiger partial charge in [-0.25, -0.2) is 8.78 Å². The first-order valence-corrected chi connectivity index (χ1v) is 10.1. The summed E-state index contributed by atoms with van der Waals surface area (Å²) in [6, 6.07) is 3.63. The molecule has 0 aliphatic heterocycles. The Bertz CT molecular complexity index is 664. The fraction of sp³-hybridized carbons (Fsp3) is 0.619. The minimum Gasteiger partial charge on any atom is -0.353 e. The molecule has 2 fully saturated rings. The summed E-state index contributed by atoms with van der Waals surface area (Å²) in [7, 11) is 0. The molecule has 2 saturated carbocycles. The summed E-state index contributed by atoms with van der Waals surface area (Å²) >= 11 is 0. The summed E-state index contributed by atoms with van der Waals surface area (Å²) < 4.78 is 26.2. The lowest BCUT2D eigenvalue weighted by molar-refractivity contribution is -0.129. The van der Waals surface area contributed by atoms with E-state index >= 15 is 0 Å². The predicted molar refractivity (Wildman–Crippen MR) is 100 cm³/mol. The monoisotopic (exact) mass is 378 g/mol. The lowest BCUT2D eigenvalue weighted by atomic mass is 9.81. The molecule has 3 rings (SSSR count). The maximum Gasteiger partial charge on any atom is 0.227 e. The van der Waals surface area contributed by atoms with Crippen LogP contribution in [0.3, 0.4) is 0 Å². The first kappa shape index (κ1) is 19.8. The van der Waals surface area contributed by atoms with Crippen molar-refractivity contribution in [2.24, 2.45) is 11.8 Å². The van der Waals surface area contributed by atoms with Gasteiger partial charge in [0.25, 0.3) is 0 Å². The van der Waals surface area contributed by atoms with Gasteiger partial charge < -0.3 is 10.6 Å². The molecular weight excluding hydrogens is 350 g/mol. The van der Waals surface area contributed by atoms with Gasteiger partial charge in [-0.05, 0) is 50.7 Å². The number of anilines is 1. The molecule has 4 nitrogen and oxygen atoms in total. The Labute approximate surface area is 159 Å². The van der Waals surface area contributed by atoms with Crippen molar-refractivity contribution in [2.75, 3.05) is 5.32 Å². The molecule has 0 spiro atoms. The quantitative estimate of drug-likeness (QED) is 0.755. The second-order valence-electron chi connectivity index (χ2n) is 7.86. The fourth-order valence-electron chi connectivity index (χ4n) is 4.18. The molecular formula is C21H28F2N2O2. The predicted octanol–water partition coefficient (Wildman–Crippen LogP) is 4.55. The number of hydrogen-bond acceptors (Lipinski definition) is 2. The van der Waals surface area contributed by atoms with Crippen molar-refractivity contribution < 1.29 is 18.4 Å². The highest BCUT2D eigenvalue weighted by atomic mass is 19.2. The van der Waals surface area contributed by atoms with Crippen molar-refractivity contribution in [3.8, 4) is 0 Å². The number of hydrogen-bond donors (Lipinski definition) is 2. The van der Waals surface area contributed by atoms with E-state index in [9.17, 15) is 18.4 Å². The largest absolute Gasteiger partial charge is 0.353 e. The number of carbonyl (C=O) groups excluding carboxylic acids is 2. The smallest absolute Gasteiger partial charge is 0.227 e. The minimum absolute atomic E-state index is 0.0273. The Morgan fingerprint density at radius 3 is 1.96 bits per heavy atom. The third-order valence-electron chi connectivity index (χ3n) is 5.86. The van der Waals surface area contributed by atoms with Gasteiger partial charge in [0.15, 0.2) is 11.6 Å². The molecule has 1 aromatic carbocycles. The van der Waals surface area contributed by atoms with Gasteiger partial charge in [-0.1, -0.05) is 25.7 Å². The highest BCUT2D eigenvalue weighted by molar-refractivity contribution is 5.92. The average Bonchev–Trinajstić information content (AvgIpc) is 2.93. The molecule has 0 heterocycles. The third-order valence-corrected chi connectivity index (χ3v) is 5.86. The molecule has 6 heteroatoms. The Morgan fingerprint density at radius 2 is 1.37 bits per heavy atom. The summed E-state index contributed by atoms with van der Waals surface area (Å²) in [5.74, 6) is -2.20. The van der Waals surface area contributed by atoms with Crippen LogP contribution in [0.15, 0.2) is 18.2 Å². The van der Waals surface area contributed by atoms with Gasteiger partial charge in [-0.15, -0.1) is 0 Å². The molecule has 0 saturated heterocycles. The maximum atomic E-state index is 13.3. The Kier molecular flexibility index (Phi) is 6.80. The Morgan fingerprint density at radius 1 is 0.778 bits per heavy atom. The van der Waals surface area contributed by atoms with Gasteiger partial charge in [0, 0.05) is 29.6 Å². The van der Waals surface area contributed by atoms with Crippen LogP contribution in [-0.2, 0) is 9.59 Å². The van der Waals surface area contributed by atoms with Crippen LogP contribution in [0.25, 0.3) is 0 Å². The van der Waals surface area contributed by atoms with E-state index in [0.717, 1.165) is 25.0 Å². The minimum atomic E-state index is -0.980. The summed E-state index contributed by atoms with van der Waals surface area (Å²) in [6.07, 6.45) is 9.66. The summed E-state index contributed by atoms with van der Waals surface area (Å²) in [5, 5.41) is 5.86. The van der Waals surface area contributed by atoms with Crippen LogP contribution >= 0.6 is 0 Å². The molecule has 148 valence electrons. The third kappa shape index (κ3) is 5.50. The number of carbonyl (C=O) groups is 2. The number of nitrogens with one attached hydrogen (secondary N) is 2. The van der Waals surface area contributed by atoms with Gasteiger partial charge in [0.2, 0.25) is 11.8 Å². The van der Waals surface area contributed by atoms with Crippen LogP contribution in [0.4, 0.5) is 14.5 Å². The summed E-state index contributed by atoms with van der Waals surface area (Å²) in [6.45, 7) is 0. The zero-order chi connectivity index (χ0) is 19.2. The highest BCUT2D eigenvalue weighted by Crippen LogP contribution is 2.30. The van der Waals surface area contributed by atoms with Crippen LogP contribution in [0.2, 0.25) is 0 Å². The molecule has 27 heavy (non-hydrogen) atoms. The van der Waals surface area contributed by atoms with Crippen molar-refractivity contribution in [3.63, 3.8) is 0 Å². The van der Waals surface area contributed by atoms with Crippen molar-refractivity contribution in [1.29, 1.82) is 0 Å². The van der Waals surface area contributed by atoms with Crippen LogP contribution in [0.5, 0.6) is 0 Å². The van der Waals surface area contributed by atoms with Gasteiger partial charge in [-0.3, -0.25) is 9.59 Å². The van der Waals surface area contributed by atoms with Gasteiger partial charge >= 0.3 is 0 Å². The van der Waals surface area contributed by atoms with E-state index in [2.05, 4.69) is 10.6 Å². The molecule has 0 aromatic heterocycles. The Balaban J connectivity index is 1.45. The zero-order valence-corrected chi connectivity index (χ0v) is 15.6. The molecule has 0 atom stereocenters. The van der Waals surface area contributed by atoms with Crippen molar-refractivity contribution >= 4 is 17.5 Å². The second-order valence-corrected chi connectivity index (χ2v) is 7.86. The normalized spacial score (nSPS) is 24.1. The lowest BCUT2D eigenvalue weighted by Crippen LogP contribution is -2.40. The number of halogens is 2. The topological polar surface area (TPSA) is 58.2 Å².